The van der Waals surface area contributed by atoms with Crippen molar-refractivity contribution in [1.82, 2.24) is 10.2 Å². The van der Waals surface area contributed by atoms with Gasteiger partial charge in [0.1, 0.15) is 5.57 Å². The highest BCUT2D eigenvalue weighted by Gasteiger charge is 2.40. The number of urea groups is 1. The first-order valence-electron chi connectivity index (χ1n) is 8.35. The van der Waals surface area contributed by atoms with Crippen LogP contribution in [0.3, 0.4) is 0 Å². The number of imide groups is 2. The van der Waals surface area contributed by atoms with Gasteiger partial charge in [0.2, 0.25) is 0 Å². The average molecular weight is 366 g/mol. The second-order valence-electron chi connectivity index (χ2n) is 6.40. The molecule has 1 aliphatic carbocycles. The normalized spacial score (nSPS) is 21.3. The maximum Gasteiger partial charge on any atom is 0.416 e. The number of rotatable bonds is 2. The van der Waals surface area contributed by atoms with Crippen LogP contribution in [0.1, 0.15) is 43.2 Å². The lowest BCUT2D eigenvalue weighted by atomic mass is 9.93. The molecule has 4 amide bonds. The summed E-state index contributed by atoms with van der Waals surface area (Å²) in [5, 5.41) is 2.14. The third-order valence-electron chi connectivity index (χ3n) is 4.62. The Hall–Kier alpha value is -2.64. The number of alkyl halides is 3. The third kappa shape index (κ3) is 3.63. The fraction of sp³-hybridized carbons (Fsp3) is 0.389. The van der Waals surface area contributed by atoms with Gasteiger partial charge in [0.25, 0.3) is 11.8 Å². The number of hydrogen-bond acceptors (Lipinski definition) is 3. The van der Waals surface area contributed by atoms with Crippen LogP contribution in [-0.2, 0) is 15.8 Å². The van der Waals surface area contributed by atoms with E-state index in [0.29, 0.717) is 12.8 Å². The molecule has 8 heteroatoms. The quantitative estimate of drug-likeness (QED) is 0.644. The molecule has 1 heterocycles. The smallest absolute Gasteiger partial charge is 0.273 e. The van der Waals surface area contributed by atoms with E-state index in [1.807, 2.05) is 0 Å². The van der Waals surface area contributed by atoms with Crippen LogP contribution in [0.15, 0.2) is 29.8 Å². The van der Waals surface area contributed by atoms with E-state index in [-0.39, 0.29) is 17.2 Å². The summed E-state index contributed by atoms with van der Waals surface area (Å²) >= 11 is 0. The van der Waals surface area contributed by atoms with Gasteiger partial charge in [0.15, 0.2) is 0 Å². The molecule has 1 aliphatic heterocycles. The van der Waals surface area contributed by atoms with Gasteiger partial charge in [-0.25, -0.2) is 4.79 Å². The molecule has 1 N–H and O–H groups in total. The molecule has 2 fully saturated rings. The van der Waals surface area contributed by atoms with Crippen LogP contribution in [0.4, 0.5) is 18.0 Å². The number of halogens is 3. The van der Waals surface area contributed by atoms with E-state index in [1.165, 1.54) is 18.2 Å². The molecule has 26 heavy (non-hydrogen) atoms. The summed E-state index contributed by atoms with van der Waals surface area (Å²) in [7, 11) is 0. The molecular formula is C18H17F3N2O3. The molecule has 0 atom stereocenters. The second-order valence-corrected chi connectivity index (χ2v) is 6.40. The average Bonchev–Trinajstić information content (AvgIpc) is 2.59. The Labute approximate surface area is 147 Å². The van der Waals surface area contributed by atoms with Crippen LogP contribution in [-0.4, -0.2) is 28.8 Å². The Bertz CT molecular complexity index is 763. The molecule has 0 radical (unpaired) electrons. The minimum atomic E-state index is -4.46. The molecule has 2 aliphatic rings. The molecule has 1 saturated carbocycles. The van der Waals surface area contributed by atoms with Crippen molar-refractivity contribution in [3.8, 4) is 0 Å². The maximum atomic E-state index is 12.7. The summed E-state index contributed by atoms with van der Waals surface area (Å²) in [6.45, 7) is 0. The summed E-state index contributed by atoms with van der Waals surface area (Å²) in [4.78, 5) is 37.9. The predicted molar refractivity (Wildman–Crippen MR) is 86.7 cm³/mol. The van der Waals surface area contributed by atoms with Crippen molar-refractivity contribution >= 4 is 23.9 Å². The Balaban J connectivity index is 1.87. The van der Waals surface area contributed by atoms with Crippen molar-refractivity contribution in [2.75, 3.05) is 0 Å². The van der Waals surface area contributed by atoms with Crippen molar-refractivity contribution < 1.29 is 27.6 Å². The topological polar surface area (TPSA) is 66.5 Å². The number of amides is 4. The van der Waals surface area contributed by atoms with E-state index in [1.54, 1.807) is 0 Å². The highest BCUT2D eigenvalue weighted by Crippen LogP contribution is 2.30. The Morgan fingerprint density at radius 2 is 1.62 bits per heavy atom. The summed E-state index contributed by atoms with van der Waals surface area (Å²) in [5.74, 6) is -1.54. The van der Waals surface area contributed by atoms with Gasteiger partial charge in [-0.1, -0.05) is 31.4 Å². The number of hydrogen-bond donors (Lipinski definition) is 1. The first kappa shape index (κ1) is 18.2. The van der Waals surface area contributed by atoms with Crippen molar-refractivity contribution in [2.24, 2.45) is 0 Å². The fourth-order valence-corrected chi connectivity index (χ4v) is 3.28. The Morgan fingerprint density at radius 3 is 2.19 bits per heavy atom. The van der Waals surface area contributed by atoms with Crippen molar-refractivity contribution in [1.29, 1.82) is 0 Å². The van der Waals surface area contributed by atoms with E-state index in [0.717, 1.165) is 36.3 Å². The van der Waals surface area contributed by atoms with E-state index >= 15 is 0 Å². The van der Waals surface area contributed by atoms with Crippen LogP contribution in [0.5, 0.6) is 0 Å². The van der Waals surface area contributed by atoms with Crippen LogP contribution in [0, 0.1) is 0 Å². The van der Waals surface area contributed by atoms with Gasteiger partial charge in [-0.2, -0.15) is 13.2 Å². The lowest BCUT2D eigenvalue weighted by molar-refractivity contribution is -0.137. The summed E-state index contributed by atoms with van der Waals surface area (Å²) in [5.41, 5.74) is -0.803. The third-order valence-corrected chi connectivity index (χ3v) is 4.62. The van der Waals surface area contributed by atoms with E-state index in [9.17, 15) is 27.6 Å². The van der Waals surface area contributed by atoms with Gasteiger partial charge >= 0.3 is 12.2 Å². The number of nitrogens with one attached hydrogen (secondary N) is 1. The fourth-order valence-electron chi connectivity index (χ4n) is 3.28. The number of barbiturate groups is 1. The molecule has 3 rings (SSSR count). The van der Waals surface area contributed by atoms with Crippen LogP contribution in [0.25, 0.3) is 6.08 Å². The number of carbonyl (C=O) groups excluding carboxylic acids is 3. The Morgan fingerprint density at radius 1 is 1.00 bits per heavy atom. The van der Waals surface area contributed by atoms with Gasteiger partial charge in [0.05, 0.1) is 5.56 Å². The first-order chi connectivity index (χ1) is 12.3. The largest absolute Gasteiger partial charge is 0.416 e. The first-order valence-corrected chi connectivity index (χ1v) is 8.35. The monoisotopic (exact) mass is 366 g/mol. The van der Waals surface area contributed by atoms with Gasteiger partial charge in [-0.3, -0.25) is 19.8 Å². The van der Waals surface area contributed by atoms with Gasteiger partial charge in [-0.05, 0) is 36.6 Å². The van der Waals surface area contributed by atoms with Crippen molar-refractivity contribution in [3.05, 3.63) is 41.0 Å². The highest BCUT2D eigenvalue weighted by molar-refractivity contribution is 6.31. The minimum absolute atomic E-state index is 0.255. The summed E-state index contributed by atoms with van der Waals surface area (Å²) < 4.78 is 37.9. The molecule has 0 aromatic heterocycles. The number of benzene rings is 1. The standard InChI is InChI=1S/C18H17F3N2O3/c19-18(20,21)12-8-6-11(7-9-12)10-14-15(24)22-17(26)23(16(14)25)13-4-2-1-3-5-13/h6-10,13H,1-5H2,(H,22,24,26). The minimum Gasteiger partial charge on any atom is -0.273 e. The molecule has 138 valence electrons. The molecule has 5 nitrogen and oxygen atoms in total. The lowest BCUT2D eigenvalue weighted by Gasteiger charge is -2.35. The highest BCUT2D eigenvalue weighted by atomic mass is 19.4. The molecule has 0 spiro atoms. The zero-order valence-corrected chi connectivity index (χ0v) is 13.8. The molecular weight excluding hydrogens is 349 g/mol. The van der Waals surface area contributed by atoms with Crippen molar-refractivity contribution in [2.45, 2.75) is 44.3 Å². The summed E-state index contributed by atoms with van der Waals surface area (Å²) in [6.07, 6.45) is 0.935. The van der Waals surface area contributed by atoms with E-state index in [4.69, 9.17) is 0 Å². The zero-order chi connectivity index (χ0) is 18.9. The van der Waals surface area contributed by atoms with Crippen molar-refractivity contribution in [3.63, 3.8) is 0 Å². The molecule has 0 unspecified atom stereocenters. The molecule has 1 saturated heterocycles. The zero-order valence-electron chi connectivity index (χ0n) is 13.8. The van der Waals surface area contributed by atoms with Gasteiger partial charge in [-0.15, -0.1) is 0 Å². The van der Waals surface area contributed by atoms with E-state index < -0.39 is 29.6 Å². The maximum absolute atomic E-state index is 12.7. The number of nitrogens with zero attached hydrogens (tertiary/aromatic N) is 1. The van der Waals surface area contributed by atoms with Gasteiger partial charge in [0, 0.05) is 6.04 Å². The summed E-state index contributed by atoms with van der Waals surface area (Å²) in [6, 6.07) is 3.11. The Kier molecular flexibility index (Phi) is 4.84. The van der Waals surface area contributed by atoms with Crippen LogP contribution in [0.2, 0.25) is 0 Å². The lowest BCUT2D eigenvalue weighted by Crippen LogP contribution is -2.58. The predicted octanol–water partition coefficient (Wildman–Crippen LogP) is 3.50. The van der Waals surface area contributed by atoms with Crippen LogP contribution >= 0.6 is 0 Å². The molecule has 0 bridgehead atoms. The number of carbonyl (C=O) groups is 3. The van der Waals surface area contributed by atoms with E-state index in [2.05, 4.69) is 5.32 Å². The molecule has 1 aromatic carbocycles. The molecule has 1 aromatic rings. The van der Waals surface area contributed by atoms with Crippen LogP contribution < -0.4 is 5.32 Å². The second kappa shape index (κ2) is 6.93. The SMILES string of the molecule is O=C1NC(=O)N(C2CCCCC2)C(=O)C1=Cc1ccc(C(F)(F)F)cc1. The van der Waals surface area contributed by atoms with Gasteiger partial charge < -0.3 is 0 Å².